The molecular weight excluding hydrogens is 266 g/mol. The highest BCUT2D eigenvalue weighted by molar-refractivity contribution is 5.27. The van der Waals surface area contributed by atoms with Gasteiger partial charge in [-0.1, -0.05) is 56.9 Å². The molecule has 3 rings (SSSR count). The van der Waals surface area contributed by atoms with Crippen LogP contribution in [0.25, 0.3) is 0 Å². The van der Waals surface area contributed by atoms with Crippen molar-refractivity contribution in [1.82, 2.24) is 4.98 Å². The fourth-order valence-electron chi connectivity index (χ4n) is 3.55. The summed E-state index contributed by atoms with van der Waals surface area (Å²) >= 11 is 0. The molecule has 1 aliphatic carbocycles. The Morgan fingerprint density at radius 3 is 2.09 bits per heavy atom. The minimum absolute atomic E-state index is 0.962. The van der Waals surface area contributed by atoms with Gasteiger partial charge in [0.1, 0.15) is 0 Å². The maximum absolute atomic E-state index is 4.07. The van der Waals surface area contributed by atoms with Gasteiger partial charge in [-0.15, -0.1) is 0 Å². The van der Waals surface area contributed by atoms with E-state index in [-0.39, 0.29) is 0 Å². The molecule has 1 aromatic carbocycles. The van der Waals surface area contributed by atoms with Gasteiger partial charge in [-0.25, -0.2) is 0 Å². The fourth-order valence-corrected chi connectivity index (χ4v) is 3.55. The Balaban J connectivity index is 1.49. The van der Waals surface area contributed by atoms with Gasteiger partial charge in [0.25, 0.3) is 0 Å². The Hall–Kier alpha value is -1.63. The lowest BCUT2D eigenvalue weighted by Crippen LogP contribution is -2.12. The topological polar surface area (TPSA) is 12.9 Å². The lowest BCUT2D eigenvalue weighted by atomic mass is 9.80. The predicted octanol–water partition coefficient (Wildman–Crippen LogP) is 5.43. The van der Waals surface area contributed by atoms with Crippen LogP contribution in [-0.2, 0) is 12.8 Å². The average molecular weight is 293 g/mol. The number of aryl methyl sites for hydroxylation is 1. The molecule has 1 aromatic heterocycles. The first kappa shape index (κ1) is 15.3. The number of nitrogens with zero attached hydrogens (tertiary/aromatic N) is 1. The van der Waals surface area contributed by atoms with Gasteiger partial charge in [-0.2, -0.15) is 0 Å². The first-order valence-electron chi connectivity index (χ1n) is 8.76. The van der Waals surface area contributed by atoms with Crippen LogP contribution in [0.4, 0.5) is 0 Å². The van der Waals surface area contributed by atoms with Gasteiger partial charge < -0.3 is 0 Å². The highest BCUT2D eigenvalue weighted by atomic mass is 14.6. The Kier molecular flexibility index (Phi) is 5.26. The van der Waals surface area contributed by atoms with Crippen LogP contribution < -0.4 is 0 Å². The largest absolute Gasteiger partial charge is 0.265 e. The van der Waals surface area contributed by atoms with E-state index < -0.39 is 0 Å². The summed E-state index contributed by atoms with van der Waals surface area (Å²) in [5, 5.41) is 0. The zero-order valence-electron chi connectivity index (χ0n) is 13.7. The summed E-state index contributed by atoms with van der Waals surface area (Å²) in [4.78, 5) is 4.07. The Labute approximate surface area is 134 Å². The van der Waals surface area contributed by atoms with Gasteiger partial charge in [-0.05, 0) is 59.9 Å². The van der Waals surface area contributed by atoms with E-state index in [0.717, 1.165) is 18.3 Å². The number of benzene rings is 1. The second-order valence-corrected chi connectivity index (χ2v) is 7.01. The number of rotatable bonds is 5. The second kappa shape index (κ2) is 7.58. The number of hydrogen-bond donors (Lipinski definition) is 0. The first-order valence-corrected chi connectivity index (χ1v) is 8.76. The van der Waals surface area contributed by atoms with Crippen LogP contribution in [0, 0.1) is 11.8 Å². The molecule has 1 heteroatoms. The second-order valence-electron chi connectivity index (χ2n) is 7.01. The van der Waals surface area contributed by atoms with Crippen molar-refractivity contribution in [1.29, 1.82) is 0 Å². The average Bonchev–Trinajstić information content (AvgIpc) is 2.57. The summed E-state index contributed by atoms with van der Waals surface area (Å²) in [7, 11) is 0. The van der Waals surface area contributed by atoms with Crippen LogP contribution in [0.5, 0.6) is 0 Å². The molecular formula is C21H27N. The van der Waals surface area contributed by atoms with Gasteiger partial charge in [-0.3, -0.25) is 4.98 Å². The third-order valence-corrected chi connectivity index (χ3v) is 5.16. The number of aromatic nitrogens is 1. The SMILES string of the molecule is CC1CCC(CCc2ccc(Cc3ccncc3)cc2)CC1. The third kappa shape index (κ3) is 4.43. The molecule has 0 aliphatic heterocycles. The molecule has 2 aromatic rings. The highest BCUT2D eigenvalue weighted by Gasteiger charge is 2.17. The van der Waals surface area contributed by atoms with E-state index in [2.05, 4.69) is 48.3 Å². The van der Waals surface area contributed by atoms with E-state index in [9.17, 15) is 0 Å². The number of pyridine rings is 1. The van der Waals surface area contributed by atoms with E-state index in [1.54, 1.807) is 0 Å². The smallest absolute Gasteiger partial charge is 0.0270 e. The quantitative estimate of drug-likeness (QED) is 0.716. The van der Waals surface area contributed by atoms with Gasteiger partial charge >= 0.3 is 0 Å². The molecule has 22 heavy (non-hydrogen) atoms. The van der Waals surface area contributed by atoms with E-state index in [1.807, 2.05) is 12.4 Å². The van der Waals surface area contributed by atoms with E-state index in [1.165, 1.54) is 55.2 Å². The minimum atomic E-state index is 0.962. The molecule has 0 amide bonds. The van der Waals surface area contributed by atoms with Crippen molar-refractivity contribution in [3.63, 3.8) is 0 Å². The van der Waals surface area contributed by atoms with Crippen molar-refractivity contribution in [2.24, 2.45) is 11.8 Å². The van der Waals surface area contributed by atoms with Gasteiger partial charge in [0.15, 0.2) is 0 Å². The van der Waals surface area contributed by atoms with Gasteiger partial charge in [0, 0.05) is 12.4 Å². The maximum atomic E-state index is 4.07. The molecule has 0 spiro atoms. The third-order valence-electron chi connectivity index (χ3n) is 5.16. The Morgan fingerprint density at radius 1 is 0.818 bits per heavy atom. The molecule has 1 heterocycles. The van der Waals surface area contributed by atoms with Crippen LogP contribution >= 0.6 is 0 Å². The predicted molar refractivity (Wildman–Crippen MR) is 92.9 cm³/mol. The van der Waals surface area contributed by atoms with Crippen LogP contribution in [0.1, 0.15) is 55.7 Å². The molecule has 1 aliphatic rings. The Morgan fingerprint density at radius 2 is 1.41 bits per heavy atom. The minimum Gasteiger partial charge on any atom is -0.265 e. The molecule has 0 bridgehead atoms. The van der Waals surface area contributed by atoms with Crippen molar-refractivity contribution in [3.05, 3.63) is 65.5 Å². The Bertz CT molecular complexity index is 550. The molecule has 0 saturated heterocycles. The molecule has 1 nitrogen and oxygen atoms in total. The van der Waals surface area contributed by atoms with Crippen LogP contribution in [0.15, 0.2) is 48.8 Å². The van der Waals surface area contributed by atoms with E-state index in [0.29, 0.717) is 0 Å². The van der Waals surface area contributed by atoms with Crippen LogP contribution in [0.3, 0.4) is 0 Å². The van der Waals surface area contributed by atoms with E-state index >= 15 is 0 Å². The van der Waals surface area contributed by atoms with Crippen molar-refractivity contribution in [2.45, 2.75) is 51.9 Å². The summed E-state index contributed by atoms with van der Waals surface area (Å²) in [6, 6.07) is 13.4. The van der Waals surface area contributed by atoms with Crippen molar-refractivity contribution < 1.29 is 0 Å². The summed E-state index contributed by atoms with van der Waals surface area (Å²) in [5.41, 5.74) is 4.22. The van der Waals surface area contributed by atoms with Crippen LogP contribution in [0.2, 0.25) is 0 Å². The summed E-state index contributed by atoms with van der Waals surface area (Å²) in [5.74, 6) is 1.93. The summed E-state index contributed by atoms with van der Waals surface area (Å²) in [6.07, 6.45) is 13.1. The molecule has 116 valence electrons. The lowest BCUT2D eigenvalue weighted by Gasteiger charge is -2.26. The van der Waals surface area contributed by atoms with Gasteiger partial charge in [0.05, 0.1) is 0 Å². The molecule has 1 fully saturated rings. The standard InChI is InChI=1S/C21H27N/c1-17-2-4-18(5-3-17)6-7-19-8-10-20(11-9-19)16-21-12-14-22-15-13-21/h8-15,17-18H,2-7,16H2,1H3. The van der Waals surface area contributed by atoms with Crippen molar-refractivity contribution in [3.8, 4) is 0 Å². The normalized spacial score (nSPS) is 21.7. The molecule has 0 unspecified atom stereocenters. The molecule has 0 atom stereocenters. The number of hydrogen-bond acceptors (Lipinski definition) is 1. The molecule has 0 radical (unpaired) electrons. The summed E-state index contributed by atoms with van der Waals surface area (Å²) < 4.78 is 0. The lowest BCUT2D eigenvalue weighted by molar-refractivity contribution is 0.278. The summed E-state index contributed by atoms with van der Waals surface area (Å²) in [6.45, 7) is 2.40. The fraction of sp³-hybridized carbons (Fsp3) is 0.476. The zero-order chi connectivity index (χ0) is 15.2. The van der Waals surface area contributed by atoms with Crippen molar-refractivity contribution in [2.75, 3.05) is 0 Å². The zero-order valence-corrected chi connectivity index (χ0v) is 13.7. The van der Waals surface area contributed by atoms with E-state index in [4.69, 9.17) is 0 Å². The maximum Gasteiger partial charge on any atom is 0.0270 e. The first-order chi connectivity index (χ1) is 10.8. The highest BCUT2D eigenvalue weighted by Crippen LogP contribution is 2.31. The van der Waals surface area contributed by atoms with Crippen molar-refractivity contribution >= 4 is 0 Å². The van der Waals surface area contributed by atoms with Gasteiger partial charge in [0.2, 0.25) is 0 Å². The molecule has 0 N–H and O–H groups in total. The molecule has 1 saturated carbocycles. The monoisotopic (exact) mass is 293 g/mol. The van der Waals surface area contributed by atoms with Crippen LogP contribution in [-0.4, -0.2) is 4.98 Å².